The smallest absolute Gasteiger partial charge is 0.226 e. The van der Waals surface area contributed by atoms with Crippen molar-refractivity contribution in [2.24, 2.45) is 0 Å². The molecule has 265 valence electrons. The van der Waals surface area contributed by atoms with Crippen molar-refractivity contribution in [3.05, 3.63) is 169 Å². The van der Waals surface area contributed by atoms with Gasteiger partial charge in [0, 0.05) is 16.7 Å². The summed E-state index contributed by atoms with van der Waals surface area (Å²) in [5.74, 6) is 2.35. The van der Waals surface area contributed by atoms with Gasteiger partial charge in [-0.05, 0) is 109 Å². The van der Waals surface area contributed by atoms with E-state index >= 15 is 0 Å². The first-order valence-electron chi connectivity index (χ1n) is 18.2. The highest BCUT2D eigenvalue weighted by atomic mass is 16.3. The van der Waals surface area contributed by atoms with Gasteiger partial charge in [0.2, 0.25) is 5.89 Å². The number of allylic oxidation sites excluding steroid dienone is 12. The van der Waals surface area contributed by atoms with Crippen LogP contribution in [0.2, 0.25) is 6.82 Å². The Bertz CT molecular complexity index is 2560. The van der Waals surface area contributed by atoms with Crippen molar-refractivity contribution >= 4 is 63.5 Å². The number of aromatic nitrogens is 4. The van der Waals surface area contributed by atoms with Gasteiger partial charge >= 0.3 is 0 Å². The largest absolute Gasteiger partial charge is 0.436 e. The van der Waals surface area contributed by atoms with E-state index in [1.807, 2.05) is 118 Å². The molecule has 0 saturated carbocycles. The number of hydrogen-bond acceptors (Lipinski definition) is 5. The molecule has 5 nitrogen and oxygen atoms in total. The van der Waals surface area contributed by atoms with E-state index in [1.54, 1.807) is 0 Å². The topological polar surface area (TPSA) is 64.7 Å². The van der Waals surface area contributed by atoms with Gasteiger partial charge in [-0.15, -0.1) is 0 Å². The van der Waals surface area contributed by atoms with Crippen LogP contribution in [0.25, 0.3) is 73.5 Å². The number of hydrogen-bond donors (Lipinski definition) is 0. The van der Waals surface area contributed by atoms with Crippen molar-refractivity contribution < 1.29 is 4.42 Å². The molecule has 0 atom stereocenters. The van der Waals surface area contributed by atoms with Crippen LogP contribution in [0.4, 0.5) is 0 Å². The second kappa shape index (κ2) is 17.0. The lowest BCUT2D eigenvalue weighted by Crippen LogP contribution is -2.18. The van der Waals surface area contributed by atoms with Crippen molar-refractivity contribution in [1.82, 2.24) is 19.9 Å². The first-order valence-corrected chi connectivity index (χ1v) is 18.2. The molecule has 6 aromatic rings. The molecule has 2 aromatic heterocycles. The molecular weight excluding hydrogens is 659 g/mol. The highest BCUT2D eigenvalue weighted by molar-refractivity contribution is 6.57. The van der Waals surface area contributed by atoms with Gasteiger partial charge in [0.05, 0.1) is 0 Å². The van der Waals surface area contributed by atoms with Crippen LogP contribution in [0.15, 0.2) is 139 Å². The molecule has 2 heterocycles. The molecule has 0 N–H and O–H groups in total. The van der Waals surface area contributed by atoms with Crippen LogP contribution in [-0.4, -0.2) is 27.2 Å². The Labute approximate surface area is 319 Å². The molecular formula is C48H44BN4O. The number of rotatable bonds is 12. The third kappa shape index (κ3) is 7.84. The molecule has 6 rings (SSSR count). The van der Waals surface area contributed by atoms with Crippen LogP contribution in [0.1, 0.15) is 61.7 Å². The number of oxazole rings is 1. The van der Waals surface area contributed by atoms with E-state index in [-0.39, 0.29) is 0 Å². The maximum atomic E-state index is 6.43. The summed E-state index contributed by atoms with van der Waals surface area (Å²) in [4.78, 5) is 19.5. The predicted molar refractivity (Wildman–Crippen MR) is 232 cm³/mol. The van der Waals surface area contributed by atoms with Crippen molar-refractivity contribution in [3.63, 3.8) is 0 Å². The van der Waals surface area contributed by atoms with Gasteiger partial charge in [-0.25, -0.2) is 19.9 Å². The molecule has 0 aliphatic heterocycles. The Morgan fingerprint density at radius 3 is 2.15 bits per heavy atom. The van der Waals surface area contributed by atoms with Gasteiger partial charge in [0.1, 0.15) is 12.8 Å². The molecule has 1 radical (unpaired) electrons. The first-order chi connectivity index (χ1) is 26.3. The lowest BCUT2D eigenvalue weighted by molar-refractivity contribution is 0.585. The van der Waals surface area contributed by atoms with Crippen LogP contribution < -0.4 is 5.46 Å². The van der Waals surface area contributed by atoms with Gasteiger partial charge < -0.3 is 4.42 Å². The lowest BCUT2D eigenvalue weighted by Gasteiger charge is -2.18. The summed E-state index contributed by atoms with van der Waals surface area (Å²) in [6.45, 7) is 20.2. The molecule has 0 spiro atoms. The molecule has 0 amide bonds. The SMILES string of the molecule is C=C/C=C\c1c(/C=C\C=C)c([B]C)c2ccc(/C(C)=C/C(=C\C)c3nc4ccc(-c5nc(/C(C)=C/C=C\C)nc(-c6ccccc6)n5)cc4o3)cc2c1C. The van der Waals surface area contributed by atoms with Crippen LogP contribution in [0, 0.1) is 6.92 Å². The molecule has 4 aromatic carbocycles. The van der Waals surface area contributed by atoms with Gasteiger partial charge in [0.25, 0.3) is 0 Å². The van der Waals surface area contributed by atoms with E-state index < -0.39 is 0 Å². The van der Waals surface area contributed by atoms with Crippen molar-refractivity contribution in [2.45, 2.75) is 41.4 Å². The molecule has 6 heteroatoms. The van der Waals surface area contributed by atoms with E-state index in [4.69, 9.17) is 24.4 Å². The summed E-state index contributed by atoms with van der Waals surface area (Å²) in [5, 5.41) is 2.41. The standard InChI is InChI=1S/C48H44BN4O/c1-9-13-19-31(5)45-51-46(35-20-17-16-18-21-35)53-47(52-45)37-25-27-42-43(30-37)54-48(50-42)34(12-4)28-32(6)36-24-26-40-41(29-36)33(7)38(22-14-10-2)39(23-15-11-3)44(40)49-8/h9-30H,2-3H2,1,4-8H3/b13-9-,22-14-,23-15-,31-19+,32-28+,34-12+. The highest BCUT2D eigenvalue weighted by Gasteiger charge is 2.17. The predicted octanol–water partition coefficient (Wildman–Crippen LogP) is 12.1. The first kappa shape index (κ1) is 37.4. The Hall–Kier alpha value is -6.40. The summed E-state index contributed by atoms with van der Waals surface area (Å²) >= 11 is 0. The minimum atomic E-state index is 0.547. The zero-order valence-electron chi connectivity index (χ0n) is 31.9. The third-order valence-corrected chi connectivity index (χ3v) is 9.38. The Kier molecular flexibility index (Phi) is 11.7. The molecule has 0 bridgehead atoms. The summed E-state index contributed by atoms with van der Waals surface area (Å²) < 4.78 is 6.43. The quantitative estimate of drug-likeness (QED) is 0.0938. The molecule has 0 aliphatic rings. The highest BCUT2D eigenvalue weighted by Crippen LogP contribution is 2.32. The Balaban J connectivity index is 1.38. The van der Waals surface area contributed by atoms with Crippen molar-refractivity contribution in [1.29, 1.82) is 0 Å². The lowest BCUT2D eigenvalue weighted by atomic mass is 9.66. The normalized spacial score (nSPS) is 12.9. The third-order valence-electron chi connectivity index (χ3n) is 9.38. The van der Waals surface area contributed by atoms with Crippen molar-refractivity contribution in [2.75, 3.05) is 0 Å². The number of fused-ring (bicyclic) bond motifs is 2. The molecule has 0 unspecified atom stereocenters. The molecule has 0 fully saturated rings. The van der Waals surface area contributed by atoms with Gasteiger partial charge in [0.15, 0.2) is 23.1 Å². The zero-order valence-corrected chi connectivity index (χ0v) is 31.9. The number of benzene rings is 4. The van der Waals surface area contributed by atoms with Gasteiger partial charge in [-0.1, -0.05) is 129 Å². The fraction of sp³-hybridized carbons (Fsp3) is 0.125. The van der Waals surface area contributed by atoms with E-state index in [0.29, 0.717) is 28.9 Å². The van der Waals surface area contributed by atoms with E-state index in [0.717, 1.165) is 44.5 Å². The fourth-order valence-corrected chi connectivity index (χ4v) is 6.49. The molecule has 0 aliphatic carbocycles. The average Bonchev–Trinajstić information content (AvgIpc) is 3.64. The van der Waals surface area contributed by atoms with E-state index in [2.05, 4.69) is 77.5 Å². The molecule has 54 heavy (non-hydrogen) atoms. The van der Waals surface area contributed by atoms with Crippen LogP contribution in [0.3, 0.4) is 0 Å². The monoisotopic (exact) mass is 703 g/mol. The average molecular weight is 704 g/mol. The number of aryl methyl sites for hydroxylation is 1. The van der Waals surface area contributed by atoms with Crippen LogP contribution in [-0.2, 0) is 0 Å². The summed E-state index contributed by atoms with van der Waals surface area (Å²) in [7, 11) is 2.18. The Morgan fingerprint density at radius 2 is 1.46 bits per heavy atom. The second-order valence-electron chi connectivity index (χ2n) is 12.9. The van der Waals surface area contributed by atoms with Crippen molar-refractivity contribution in [3.8, 4) is 22.8 Å². The Morgan fingerprint density at radius 1 is 0.741 bits per heavy atom. The number of nitrogens with zero attached hydrogens (tertiary/aromatic N) is 4. The maximum Gasteiger partial charge on any atom is 0.226 e. The van der Waals surface area contributed by atoms with E-state index in [9.17, 15) is 0 Å². The summed E-state index contributed by atoms with van der Waals surface area (Å²) in [5.41, 5.74) is 11.9. The zero-order chi connectivity index (χ0) is 38.2. The minimum Gasteiger partial charge on any atom is -0.436 e. The van der Waals surface area contributed by atoms with Crippen LogP contribution >= 0.6 is 0 Å². The second-order valence-corrected chi connectivity index (χ2v) is 12.9. The van der Waals surface area contributed by atoms with Gasteiger partial charge in [-0.3, -0.25) is 0 Å². The molecule has 0 saturated heterocycles. The summed E-state index contributed by atoms with van der Waals surface area (Å²) in [6.07, 6.45) is 22.0. The fourth-order valence-electron chi connectivity index (χ4n) is 6.49. The summed E-state index contributed by atoms with van der Waals surface area (Å²) in [6, 6.07) is 22.6. The van der Waals surface area contributed by atoms with Gasteiger partial charge in [-0.2, -0.15) is 0 Å². The maximum absolute atomic E-state index is 6.43. The van der Waals surface area contributed by atoms with E-state index in [1.165, 1.54) is 27.4 Å². The minimum absolute atomic E-state index is 0.547. The van der Waals surface area contributed by atoms with Crippen LogP contribution in [0.5, 0.6) is 0 Å².